The highest BCUT2D eigenvalue weighted by atomic mass is 35.5. The van der Waals surface area contributed by atoms with E-state index in [4.69, 9.17) is 16.7 Å². The van der Waals surface area contributed by atoms with Gasteiger partial charge in [-0.15, -0.1) is 0 Å². The Bertz CT molecular complexity index is 847. The highest BCUT2D eigenvalue weighted by Gasteiger charge is 2.31. The van der Waals surface area contributed by atoms with Crippen LogP contribution < -0.4 is 10.6 Å². The lowest BCUT2D eigenvalue weighted by atomic mass is 9.83. The lowest BCUT2D eigenvalue weighted by Gasteiger charge is -2.25. The van der Waals surface area contributed by atoms with Crippen LogP contribution in [0.15, 0.2) is 48.5 Å². The normalized spacial score (nSPS) is 10.9. The molecule has 0 aliphatic rings. The molecule has 7 heteroatoms. The van der Waals surface area contributed by atoms with Gasteiger partial charge >= 0.3 is 5.97 Å². The standard InChI is InChI=1S/C20H21ClN2O4/c1-20(2,15-5-3-4-6-16(15)21)19(27)23-14-9-7-13(8-10-14)18(26)22-12-11-17(24)25/h3-10H,11-12H2,1-2H3,(H,22,26)(H,23,27)(H,24,25). The van der Waals surface area contributed by atoms with Crippen molar-refractivity contribution in [3.8, 4) is 0 Å². The smallest absolute Gasteiger partial charge is 0.305 e. The number of benzene rings is 2. The summed E-state index contributed by atoms with van der Waals surface area (Å²) in [5, 5.41) is 14.4. The third-order valence-electron chi connectivity index (χ3n) is 4.14. The van der Waals surface area contributed by atoms with Crippen LogP contribution >= 0.6 is 11.6 Å². The zero-order valence-electron chi connectivity index (χ0n) is 15.1. The molecular weight excluding hydrogens is 368 g/mol. The van der Waals surface area contributed by atoms with Gasteiger partial charge in [-0.05, 0) is 49.7 Å². The summed E-state index contributed by atoms with van der Waals surface area (Å²) >= 11 is 6.21. The van der Waals surface area contributed by atoms with Crippen molar-refractivity contribution in [1.29, 1.82) is 0 Å². The Hall–Kier alpha value is -2.86. The van der Waals surface area contributed by atoms with E-state index >= 15 is 0 Å². The minimum Gasteiger partial charge on any atom is -0.481 e. The van der Waals surface area contributed by atoms with Gasteiger partial charge in [0, 0.05) is 22.8 Å². The number of carbonyl (C=O) groups excluding carboxylic acids is 2. The van der Waals surface area contributed by atoms with Crippen molar-refractivity contribution in [1.82, 2.24) is 5.32 Å². The van der Waals surface area contributed by atoms with Gasteiger partial charge in [0.15, 0.2) is 0 Å². The molecule has 0 aromatic heterocycles. The van der Waals surface area contributed by atoms with Crippen molar-refractivity contribution < 1.29 is 19.5 Å². The molecule has 0 aliphatic carbocycles. The molecule has 0 saturated carbocycles. The summed E-state index contributed by atoms with van der Waals surface area (Å²) in [6.07, 6.45) is -0.142. The number of hydrogen-bond acceptors (Lipinski definition) is 3. The second-order valence-electron chi connectivity index (χ2n) is 6.54. The number of carbonyl (C=O) groups is 3. The Morgan fingerprint density at radius 1 is 1.04 bits per heavy atom. The van der Waals surface area contributed by atoms with Crippen LogP contribution in [-0.2, 0) is 15.0 Å². The van der Waals surface area contributed by atoms with Crippen LogP contribution in [0.1, 0.15) is 36.2 Å². The van der Waals surface area contributed by atoms with Gasteiger partial charge in [0.25, 0.3) is 5.91 Å². The first-order valence-electron chi connectivity index (χ1n) is 8.38. The Morgan fingerprint density at radius 2 is 1.67 bits per heavy atom. The van der Waals surface area contributed by atoms with Crippen LogP contribution in [0.25, 0.3) is 0 Å². The van der Waals surface area contributed by atoms with Gasteiger partial charge in [-0.3, -0.25) is 14.4 Å². The molecular formula is C20H21ClN2O4. The van der Waals surface area contributed by atoms with E-state index < -0.39 is 11.4 Å². The number of halogens is 1. The van der Waals surface area contributed by atoms with Crippen molar-refractivity contribution in [2.45, 2.75) is 25.7 Å². The Kier molecular flexibility index (Phi) is 6.58. The third kappa shape index (κ3) is 5.31. The van der Waals surface area contributed by atoms with Gasteiger partial charge in [0.2, 0.25) is 5.91 Å². The molecule has 0 atom stereocenters. The maximum Gasteiger partial charge on any atom is 0.305 e. The van der Waals surface area contributed by atoms with Crippen molar-refractivity contribution >= 4 is 35.1 Å². The lowest BCUT2D eigenvalue weighted by molar-refractivity contribution is -0.136. The molecule has 27 heavy (non-hydrogen) atoms. The number of anilines is 1. The molecule has 0 bridgehead atoms. The molecule has 2 aromatic rings. The monoisotopic (exact) mass is 388 g/mol. The number of carboxylic acid groups (broad SMARTS) is 1. The highest BCUT2D eigenvalue weighted by molar-refractivity contribution is 6.31. The van der Waals surface area contributed by atoms with Gasteiger partial charge < -0.3 is 15.7 Å². The van der Waals surface area contributed by atoms with Gasteiger partial charge in [-0.25, -0.2) is 0 Å². The molecule has 6 nitrogen and oxygen atoms in total. The third-order valence-corrected chi connectivity index (χ3v) is 4.47. The number of rotatable bonds is 7. The lowest BCUT2D eigenvalue weighted by Crippen LogP contribution is -2.35. The van der Waals surface area contributed by atoms with Gasteiger partial charge in [0.05, 0.1) is 11.8 Å². The first-order valence-corrected chi connectivity index (χ1v) is 8.76. The molecule has 0 unspecified atom stereocenters. The van der Waals surface area contributed by atoms with E-state index in [0.717, 1.165) is 5.56 Å². The first kappa shape index (κ1) is 20.5. The molecule has 0 spiro atoms. The average molecular weight is 389 g/mol. The Morgan fingerprint density at radius 3 is 2.26 bits per heavy atom. The number of nitrogens with one attached hydrogen (secondary N) is 2. The Labute approximate surface area is 162 Å². The minimum atomic E-state index is -0.977. The van der Waals surface area contributed by atoms with Gasteiger partial charge in [-0.1, -0.05) is 29.8 Å². The van der Waals surface area contributed by atoms with E-state index in [2.05, 4.69) is 10.6 Å². The predicted octanol–water partition coefficient (Wildman–Crippen LogP) is 3.46. The van der Waals surface area contributed by atoms with Crippen molar-refractivity contribution in [2.24, 2.45) is 0 Å². The van der Waals surface area contributed by atoms with E-state index in [1.807, 2.05) is 12.1 Å². The predicted molar refractivity (Wildman–Crippen MR) is 104 cm³/mol. The summed E-state index contributed by atoms with van der Waals surface area (Å²) in [5.41, 5.74) is 0.801. The number of aliphatic carboxylic acids is 1. The number of carboxylic acids is 1. The second-order valence-corrected chi connectivity index (χ2v) is 6.94. The number of hydrogen-bond donors (Lipinski definition) is 3. The topological polar surface area (TPSA) is 95.5 Å². The Balaban J connectivity index is 2.03. The molecule has 0 saturated heterocycles. The first-order chi connectivity index (χ1) is 12.7. The zero-order valence-corrected chi connectivity index (χ0v) is 15.8. The van der Waals surface area contributed by atoms with Crippen LogP contribution in [0, 0.1) is 0 Å². The molecule has 0 fully saturated rings. The van der Waals surface area contributed by atoms with E-state index in [1.165, 1.54) is 0 Å². The highest BCUT2D eigenvalue weighted by Crippen LogP contribution is 2.30. The SMILES string of the molecule is CC(C)(C(=O)Nc1ccc(C(=O)NCCC(=O)O)cc1)c1ccccc1Cl. The zero-order chi connectivity index (χ0) is 20.0. The summed E-state index contributed by atoms with van der Waals surface area (Å²) in [6, 6.07) is 13.5. The summed E-state index contributed by atoms with van der Waals surface area (Å²) in [6.45, 7) is 3.63. The largest absolute Gasteiger partial charge is 0.481 e. The molecule has 0 heterocycles. The van der Waals surface area contributed by atoms with Crippen molar-refractivity contribution in [2.75, 3.05) is 11.9 Å². The molecule has 3 N–H and O–H groups in total. The fourth-order valence-electron chi connectivity index (χ4n) is 2.47. The minimum absolute atomic E-state index is 0.0542. The maximum absolute atomic E-state index is 12.7. The van der Waals surface area contributed by atoms with Gasteiger partial charge in [-0.2, -0.15) is 0 Å². The fourth-order valence-corrected chi connectivity index (χ4v) is 2.84. The van der Waals surface area contributed by atoms with Crippen molar-refractivity contribution in [3.63, 3.8) is 0 Å². The molecule has 2 aromatic carbocycles. The van der Waals surface area contributed by atoms with Crippen molar-refractivity contribution in [3.05, 3.63) is 64.7 Å². The summed E-state index contributed by atoms with van der Waals surface area (Å²) < 4.78 is 0. The van der Waals surface area contributed by atoms with Crippen LogP contribution in [-0.4, -0.2) is 29.4 Å². The molecule has 0 radical (unpaired) electrons. The molecule has 2 amide bonds. The summed E-state index contributed by atoms with van der Waals surface area (Å²) in [4.78, 5) is 35.1. The summed E-state index contributed by atoms with van der Waals surface area (Å²) in [5.74, 6) is -1.57. The van der Waals surface area contributed by atoms with Crippen LogP contribution in [0.2, 0.25) is 5.02 Å². The van der Waals surface area contributed by atoms with Crippen LogP contribution in [0.5, 0.6) is 0 Å². The van der Waals surface area contributed by atoms with Gasteiger partial charge in [0.1, 0.15) is 0 Å². The van der Waals surface area contributed by atoms with Crippen LogP contribution in [0.4, 0.5) is 5.69 Å². The van der Waals surface area contributed by atoms with E-state index in [0.29, 0.717) is 16.3 Å². The molecule has 2 rings (SSSR count). The maximum atomic E-state index is 12.7. The molecule has 0 aliphatic heterocycles. The second kappa shape index (κ2) is 8.68. The van der Waals surface area contributed by atoms with E-state index in [1.54, 1.807) is 50.2 Å². The number of amides is 2. The average Bonchev–Trinajstić information content (AvgIpc) is 2.62. The molecule has 142 valence electrons. The van der Waals surface area contributed by atoms with Crippen LogP contribution in [0.3, 0.4) is 0 Å². The van der Waals surface area contributed by atoms with E-state index in [9.17, 15) is 14.4 Å². The van der Waals surface area contributed by atoms with E-state index in [-0.39, 0.29) is 24.8 Å². The summed E-state index contributed by atoms with van der Waals surface area (Å²) in [7, 11) is 0. The quantitative estimate of drug-likeness (QED) is 0.676. The fraction of sp³-hybridized carbons (Fsp3) is 0.250.